The SMILES string of the molecule is O=C(c1ccccc1)N(NC(=O)C(O)(c1ccc(F)cc1)c1ccc(F)cc1)c1ccc2ccccc2n1. The van der Waals surface area contributed by atoms with Crippen LogP contribution in [0, 0.1) is 11.6 Å². The summed E-state index contributed by atoms with van der Waals surface area (Å²) in [5.41, 5.74) is 0.969. The van der Waals surface area contributed by atoms with E-state index in [0.717, 1.165) is 34.7 Å². The monoisotopic (exact) mass is 509 g/mol. The molecule has 1 aromatic heterocycles. The Morgan fingerprint density at radius 1 is 0.711 bits per heavy atom. The molecule has 1 heterocycles. The highest BCUT2D eigenvalue weighted by atomic mass is 19.1. The first kappa shape index (κ1) is 24.7. The maximum Gasteiger partial charge on any atom is 0.280 e. The fourth-order valence-corrected chi connectivity index (χ4v) is 4.10. The Balaban J connectivity index is 1.61. The van der Waals surface area contributed by atoms with Crippen molar-refractivity contribution in [1.82, 2.24) is 10.4 Å². The van der Waals surface area contributed by atoms with Crippen molar-refractivity contribution in [2.24, 2.45) is 0 Å². The maximum atomic E-state index is 13.8. The van der Waals surface area contributed by atoms with Crippen molar-refractivity contribution >= 4 is 28.5 Å². The van der Waals surface area contributed by atoms with Crippen LogP contribution in [0.15, 0.2) is 115 Å². The van der Waals surface area contributed by atoms with Crippen LogP contribution in [0.3, 0.4) is 0 Å². The summed E-state index contributed by atoms with van der Waals surface area (Å²) in [5, 5.41) is 13.6. The number of anilines is 1. The van der Waals surface area contributed by atoms with Gasteiger partial charge in [-0.3, -0.25) is 15.0 Å². The molecule has 0 aliphatic carbocycles. The molecule has 0 atom stereocenters. The van der Waals surface area contributed by atoms with E-state index < -0.39 is 29.0 Å². The highest BCUT2D eigenvalue weighted by Crippen LogP contribution is 2.31. The minimum atomic E-state index is -2.41. The predicted molar refractivity (Wildman–Crippen MR) is 139 cm³/mol. The van der Waals surface area contributed by atoms with Crippen LogP contribution >= 0.6 is 0 Å². The third kappa shape index (κ3) is 4.72. The zero-order valence-electron chi connectivity index (χ0n) is 19.9. The first-order valence-electron chi connectivity index (χ1n) is 11.7. The lowest BCUT2D eigenvalue weighted by atomic mass is 9.85. The third-order valence-corrected chi connectivity index (χ3v) is 6.10. The third-order valence-electron chi connectivity index (χ3n) is 6.10. The molecule has 2 amide bonds. The Kier molecular flexibility index (Phi) is 6.64. The number of nitrogens with zero attached hydrogens (tertiary/aromatic N) is 2. The van der Waals surface area contributed by atoms with Gasteiger partial charge in [0.2, 0.25) is 0 Å². The number of para-hydroxylation sites is 1. The Labute approximate surface area is 216 Å². The summed E-state index contributed by atoms with van der Waals surface area (Å²) in [4.78, 5) is 32.0. The number of halogens is 2. The molecule has 0 unspecified atom stereocenters. The van der Waals surface area contributed by atoms with Gasteiger partial charge >= 0.3 is 0 Å². The van der Waals surface area contributed by atoms with Gasteiger partial charge < -0.3 is 5.11 Å². The number of nitrogens with one attached hydrogen (secondary N) is 1. The van der Waals surface area contributed by atoms with Gasteiger partial charge in [-0.2, -0.15) is 5.01 Å². The molecule has 0 radical (unpaired) electrons. The first-order chi connectivity index (χ1) is 18.4. The summed E-state index contributed by atoms with van der Waals surface area (Å²) in [6.07, 6.45) is 0. The second kappa shape index (κ2) is 10.2. The van der Waals surface area contributed by atoms with Crippen molar-refractivity contribution in [1.29, 1.82) is 0 Å². The van der Waals surface area contributed by atoms with E-state index in [1.54, 1.807) is 54.6 Å². The Morgan fingerprint density at radius 3 is 1.87 bits per heavy atom. The van der Waals surface area contributed by atoms with Gasteiger partial charge in [0.25, 0.3) is 11.8 Å². The van der Waals surface area contributed by atoms with Crippen LogP contribution in [0.2, 0.25) is 0 Å². The topological polar surface area (TPSA) is 82.5 Å². The molecule has 4 aromatic carbocycles. The minimum absolute atomic E-state index is 0.0154. The zero-order valence-corrected chi connectivity index (χ0v) is 19.9. The number of hydrogen-bond acceptors (Lipinski definition) is 4. The molecule has 0 saturated heterocycles. The normalized spacial score (nSPS) is 11.2. The van der Waals surface area contributed by atoms with E-state index in [2.05, 4.69) is 10.4 Å². The second-order valence-electron chi connectivity index (χ2n) is 8.53. The van der Waals surface area contributed by atoms with Crippen LogP contribution in [0.1, 0.15) is 21.5 Å². The molecule has 0 bridgehead atoms. The number of aliphatic hydroxyl groups is 1. The lowest BCUT2D eigenvalue weighted by Crippen LogP contribution is -2.55. The molecule has 5 aromatic rings. The number of aromatic nitrogens is 1. The van der Waals surface area contributed by atoms with E-state index in [0.29, 0.717) is 5.52 Å². The number of fused-ring (bicyclic) bond motifs is 1. The molecule has 0 aliphatic rings. The van der Waals surface area contributed by atoms with Gasteiger partial charge in [-0.05, 0) is 65.7 Å². The number of carbonyl (C=O) groups is 2. The number of rotatable bonds is 5. The van der Waals surface area contributed by atoms with E-state index in [9.17, 15) is 23.5 Å². The number of benzene rings is 4. The van der Waals surface area contributed by atoms with Crippen LogP contribution in [-0.2, 0) is 10.4 Å². The van der Waals surface area contributed by atoms with Crippen molar-refractivity contribution < 1.29 is 23.5 Å². The number of amides is 2. The highest BCUT2D eigenvalue weighted by molar-refractivity contribution is 6.08. The lowest BCUT2D eigenvalue weighted by molar-refractivity contribution is -0.136. The van der Waals surface area contributed by atoms with Crippen molar-refractivity contribution in [3.05, 3.63) is 144 Å². The average Bonchev–Trinajstić information content (AvgIpc) is 2.96. The fraction of sp³-hybridized carbons (Fsp3) is 0.0333. The smallest absolute Gasteiger partial charge is 0.280 e. The van der Waals surface area contributed by atoms with Gasteiger partial charge in [0, 0.05) is 10.9 Å². The van der Waals surface area contributed by atoms with Crippen LogP contribution in [-0.4, -0.2) is 21.9 Å². The standard InChI is InChI=1S/C30H21F2N3O3/c31-24-15-11-22(12-16-24)30(38,23-13-17-25(32)18-14-23)29(37)34-35(28(36)21-7-2-1-3-8-21)27-19-10-20-6-4-5-9-26(20)33-27/h1-19,38H,(H,34,37). The number of carbonyl (C=O) groups excluding carboxylic acids is 2. The van der Waals surface area contributed by atoms with Crippen LogP contribution < -0.4 is 10.4 Å². The van der Waals surface area contributed by atoms with Crippen LogP contribution in [0.25, 0.3) is 10.9 Å². The van der Waals surface area contributed by atoms with E-state index in [-0.39, 0.29) is 22.5 Å². The quantitative estimate of drug-likeness (QED) is 0.322. The Bertz CT molecular complexity index is 1560. The van der Waals surface area contributed by atoms with Crippen LogP contribution in [0.5, 0.6) is 0 Å². The maximum absolute atomic E-state index is 13.8. The number of pyridine rings is 1. The van der Waals surface area contributed by atoms with Gasteiger partial charge in [0.1, 0.15) is 11.6 Å². The molecule has 8 heteroatoms. The summed E-state index contributed by atoms with van der Waals surface area (Å²) in [7, 11) is 0. The molecule has 2 N–H and O–H groups in total. The van der Waals surface area contributed by atoms with E-state index in [4.69, 9.17) is 0 Å². The van der Waals surface area contributed by atoms with Gasteiger partial charge in [-0.25, -0.2) is 13.8 Å². The predicted octanol–water partition coefficient (Wildman–Crippen LogP) is 5.13. The largest absolute Gasteiger partial charge is 0.372 e. The van der Waals surface area contributed by atoms with E-state index >= 15 is 0 Å². The summed E-state index contributed by atoms with van der Waals surface area (Å²) >= 11 is 0. The van der Waals surface area contributed by atoms with Crippen molar-refractivity contribution in [2.45, 2.75) is 5.60 Å². The van der Waals surface area contributed by atoms with Crippen LogP contribution in [0.4, 0.5) is 14.6 Å². The summed E-state index contributed by atoms with van der Waals surface area (Å²) in [6, 6.07) is 28.2. The molecule has 38 heavy (non-hydrogen) atoms. The van der Waals surface area contributed by atoms with Gasteiger partial charge in [-0.1, -0.05) is 60.7 Å². The van der Waals surface area contributed by atoms with E-state index in [1.165, 1.54) is 24.3 Å². The molecule has 0 aliphatic heterocycles. The second-order valence-corrected chi connectivity index (χ2v) is 8.53. The van der Waals surface area contributed by atoms with Crippen molar-refractivity contribution in [3.8, 4) is 0 Å². The fourth-order valence-electron chi connectivity index (χ4n) is 4.10. The molecule has 0 fully saturated rings. The van der Waals surface area contributed by atoms with Gasteiger partial charge in [-0.15, -0.1) is 0 Å². The molecule has 6 nitrogen and oxygen atoms in total. The summed E-state index contributed by atoms with van der Waals surface area (Å²) < 4.78 is 27.4. The molecular formula is C30H21F2N3O3. The zero-order chi connectivity index (χ0) is 26.7. The summed E-state index contributed by atoms with van der Waals surface area (Å²) in [5.74, 6) is -2.68. The molecular weight excluding hydrogens is 488 g/mol. The number of hydrogen-bond donors (Lipinski definition) is 2. The Morgan fingerprint density at radius 2 is 1.26 bits per heavy atom. The lowest BCUT2D eigenvalue weighted by Gasteiger charge is -2.31. The molecule has 0 spiro atoms. The highest BCUT2D eigenvalue weighted by Gasteiger charge is 2.42. The first-order valence-corrected chi connectivity index (χ1v) is 11.7. The van der Waals surface area contributed by atoms with Gasteiger partial charge in [0.15, 0.2) is 11.4 Å². The summed E-state index contributed by atoms with van der Waals surface area (Å²) in [6.45, 7) is 0. The molecule has 0 saturated carbocycles. The Hall–Kier alpha value is -4.95. The number of hydrazine groups is 1. The molecule has 188 valence electrons. The minimum Gasteiger partial charge on any atom is -0.372 e. The average molecular weight is 510 g/mol. The van der Waals surface area contributed by atoms with E-state index in [1.807, 2.05) is 12.1 Å². The molecule has 5 rings (SSSR count). The van der Waals surface area contributed by atoms with Gasteiger partial charge in [0.05, 0.1) is 5.52 Å². The van der Waals surface area contributed by atoms with Crippen molar-refractivity contribution in [3.63, 3.8) is 0 Å². The van der Waals surface area contributed by atoms with Crippen molar-refractivity contribution in [2.75, 3.05) is 5.01 Å².